The Balaban J connectivity index is 1.95. The molecule has 2 heterocycles. The summed E-state index contributed by atoms with van der Waals surface area (Å²) < 4.78 is 36.3. The Hall–Kier alpha value is -3.28. The van der Waals surface area contributed by atoms with Crippen molar-refractivity contribution >= 4 is 17.3 Å². The van der Waals surface area contributed by atoms with Crippen LogP contribution < -0.4 is 9.64 Å². The normalized spacial score (nSPS) is 25.1. The molecule has 0 saturated carbocycles. The second-order valence-electron chi connectivity index (χ2n) is 8.61. The molecule has 11 heteroatoms. The molecular formula is C24H27FN2O8. The van der Waals surface area contributed by atoms with Crippen LogP contribution in [0.25, 0.3) is 0 Å². The van der Waals surface area contributed by atoms with Gasteiger partial charge >= 0.3 is 5.97 Å². The number of esters is 1. The minimum absolute atomic E-state index is 0.124. The van der Waals surface area contributed by atoms with Crippen molar-refractivity contribution in [1.82, 2.24) is 0 Å². The van der Waals surface area contributed by atoms with Gasteiger partial charge in [0.25, 0.3) is 5.69 Å². The van der Waals surface area contributed by atoms with Crippen molar-refractivity contribution in [2.75, 3.05) is 25.7 Å². The number of hydrogen-bond donors (Lipinski definition) is 1. The van der Waals surface area contributed by atoms with Gasteiger partial charge in [-0.15, -0.1) is 0 Å². The third-order valence-electron chi connectivity index (χ3n) is 6.56. The number of aliphatic hydroxyl groups excluding tert-OH is 1. The number of carbonyl (C=O) groups excluding carboxylic acids is 1. The summed E-state index contributed by atoms with van der Waals surface area (Å²) >= 11 is 0. The number of anilines is 1. The van der Waals surface area contributed by atoms with E-state index in [1.165, 1.54) is 50.6 Å². The van der Waals surface area contributed by atoms with Crippen LogP contribution in [0, 0.1) is 15.9 Å². The number of carbonyl (C=O) groups is 1. The van der Waals surface area contributed by atoms with Crippen molar-refractivity contribution in [3.8, 4) is 5.75 Å². The number of non-ortho nitro benzene ring substituents is 1. The third kappa shape index (κ3) is 4.09. The van der Waals surface area contributed by atoms with Crippen LogP contribution >= 0.6 is 0 Å². The summed E-state index contributed by atoms with van der Waals surface area (Å²) in [6.45, 7) is 3.39. The number of benzene rings is 2. The highest BCUT2D eigenvalue weighted by molar-refractivity contribution is 5.84. The van der Waals surface area contributed by atoms with Crippen LogP contribution in [0.15, 0.2) is 36.4 Å². The molecule has 0 saturated heterocycles. The summed E-state index contributed by atoms with van der Waals surface area (Å²) in [5.41, 5.74) is -0.345. The molecule has 2 aromatic rings. The molecule has 0 bridgehead atoms. The SMILES string of the molecule is CCOC(=O)[C@@H]1Cc2cc(F)ccc2N1[C@@H]1c2cc([N+](=O)[O-])ccc2O[C@](C)(C(OC)OC)[C@H]1O. The summed E-state index contributed by atoms with van der Waals surface area (Å²) in [6, 6.07) is 6.21. The maximum absolute atomic E-state index is 14.1. The number of fused-ring (bicyclic) bond motifs is 2. The first-order valence-corrected chi connectivity index (χ1v) is 11.1. The number of ether oxygens (including phenoxy) is 4. The number of methoxy groups -OCH3 is 2. The maximum Gasteiger partial charge on any atom is 0.329 e. The molecule has 2 aliphatic rings. The van der Waals surface area contributed by atoms with Gasteiger partial charge in [-0.25, -0.2) is 9.18 Å². The first-order valence-electron chi connectivity index (χ1n) is 11.1. The zero-order valence-electron chi connectivity index (χ0n) is 19.8. The highest BCUT2D eigenvalue weighted by atomic mass is 19.1. The van der Waals surface area contributed by atoms with Gasteiger partial charge in [0.1, 0.15) is 23.7 Å². The van der Waals surface area contributed by atoms with Gasteiger partial charge in [-0.3, -0.25) is 10.1 Å². The van der Waals surface area contributed by atoms with Crippen LogP contribution in [0.4, 0.5) is 15.8 Å². The summed E-state index contributed by atoms with van der Waals surface area (Å²) in [7, 11) is 2.79. The molecular weight excluding hydrogens is 463 g/mol. The summed E-state index contributed by atoms with van der Waals surface area (Å²) in [5.74, 6) is -0.780. The van der Waals surface area contributed by atoms with Gasteiger partial charge in [-0.05, 0) is 43.7 Å². The number of nitro benzene ring substituents is 1. The van der Waals surface area contributed by atoms with Crippen LogP contribution in [0.2, 0.25) is 0 Å². The molecule has 0 aromatic heterocycles. The van der Waals surface area contributed by atoms with Crippen molar-refractivity contribution in [2.45, 2.75) is 50.3 Å². The lowest BCUT2D eigenvalue weighted by Crippen LogP contribution is -2.63. The predicted octanol–water partition coefficient (Wildman–Crippen LogP) is 2.90. The fourth-order valence-electron chi connectivity index (χ4n) is 5.03. The van der Waals surface area contributed by atoms with Gasteiger partial charge in [0.05, 0.1) is 17.6 Å². The van der Waals surface area contributed by atoms with E-state index in [0.717, 1.165) is 0 Å². The standard InChI is InChI=1S/C24H27FN2O8/c1-5-34-22(29)18-11-13-10-14(25)6-8-17(13)26(18)20-16-12-15(27(30)31)7-9-19(16)35-24(2,21(20)28)23(32-3)33-4/h6-10,12,18,20-21,23,28H,5,11H2,1-4H3/t18-,20+,21-,24-/m0/s1. The van der Waals surface area contributed by atoms with Gasteiger partial charge in [-0.2, -0.15) is 0 Å². The maximum atomic E-state index is 14.1. The van der Waals surface area contributed by atoms with E-state index in [9.17, 15) is 24.4 Å². The van der Waals surface area contributed by atoms with Gasteiger partial charge in [-0.1, -0.05) is 0 Å². The Kier molecular flexibility index (Phi) is 6.67. The van der Waals surface area contributed by atoms with E-state index >= 15 is 0 Å². The molecule has 0 aliphatic carbocycles. The van der Waals surface area contributed by atoms with E-state index in [1.807, 2.05) is 0 Å². The minimum atomic E-state index is -1.47. The quantitative estimate of drug-likeness (QED) is 0.270. The molecule has 4 atom stereocenters. The molecule has 10 nitrogen and oxygen atoms in total. The van der Waals surface area contributed by atoms with Crippen molar-refractivity contribution in [1.29, 1.82) is 0 Å². The largest absolute Gasteiger partial charge is 0.479 e. The molecule has 188 valence electrons. The number of hydrogen-bond acceptors (Lipinski definition) is 9. The van der Waals surface area contributed by atoms with Crippen molar-refractivity contribution in [3.05, 3.63) is 63.5 Å². The zero-order chi connectivity index (χ0) is 25.5. The number of halogens is 1. The highest BCUT2D eigenvalue weighted by Gasteiger charge is 2.56. The topological polar surface area (TPSA) is 121 Å². The second kappa shape index (κ2) is 9.40. The monoisotopic (exact) mass is 490 g/mol. The molecule has 2 aliphatic heterocycles. The Morgan fingerprint density at radius 2 is 2.03 bits per heavy atom. The van der Waals surface area contributed by atoms with Crippen molar-refractivity contribution < 1.29 is 38.2 Å². The van der Waals surface area contributed by atoms with E-state index in [2.05, 4.69) is 0 Å². The average molecular weight is 490 g/mol. The number of rotatable bonds is 7. The fraction of sp³-hybridized carbons (Fsp3) is 0.458. The molecule has 1 N–H and O–H groups in total. The molecule has 0 unspecified atom stereocenters. The molecule has 0 radical (unpaired) electrons. The van der Waals surface area contributed by atoms with E-state index in [4.69, 9.17) is 18.9 Å². The summed E-state index contributed by atoms with van der Waals surface area (Å²) in [5, 5.41) is 23.3. The van der Waals surface area contributed by atoms with Gasteiger partial charge in [0, 0.05) is 44.0 Å². The summed E-state index contributed by atoms with van der Waals surface area (Å²) in [4.78, 5) is 25.6. The Morgan fingerprint density at radius 3 is 2.66 bits per heavy atom. The first-order chi connectivity index (χ1) is 16.7. The minimum Gasteiger partial charge on any atom is -0.479 e. The predicted molar refractivity (Wildman–Crippen MR) is 122 cm³/mol. The van der Waals surface area contributed by atoms with Crippen LogP contribution in [-0.4, -0.2) is 60.9 Å². The Morgan fingerprint density at radius 1 is 1.31 bits per heavy atom. The average Bonchev–Trinajstić information content (AvgIpc) is 3.18. The molecule has 2 aromatic carbocycles. The number of nitro groups is 1. The van der Waals surface area contributed by atoms with Gasteiger partial charge < -0.3 is 29.0 Å². The third-order valence-corrected chi connectivity index (χ3v) is 6.56. The summed E-state index contributed by atoms with van der Waals surface area (Å²) in [6.07, 6.45) is -2.29. The lowest BCUT2D eigenvalue weighted by molar-refractivity contribution is -0.385. The van der Waals surface area contributed by atoms with Crippen LogP contribution in [0.1, 0.15) is 31.0 Å². The van der Waals surface area contributed by atoms with Crippen LogP contribution in [-0.2, 0) is 25.4 Å². The van der Waals surface area contributed by atoms with Crippen LogP contribution in [0.5, 0.6) is 5.75 Å². The molecule has 0 fully saturated rings. The Labute approximate surface area is 201 Å². The lowest BCUT2D eigenvalue weighted by atomic mass is 9.83. The number of nitrogens with zero attached hydrogens (tertiary/aromatic N) is 2. The number of aliphatic hydroxyl groups is 1. The van der Waals surface area contributed by atoms with Crippen molar-refractivity contribution in [2.24, 2.45) is 0 Å². The highest BCUT2D eigenvalue weighted by Crippen LogP contribution is 2.50. The fourth-order valence-corrected chi connectivity index (χ4v) is 5.03. The van der Waals surface area contributed by atoms with Gasteiger partial charge in [0.15, 0.2) is 11.9 Å². The van der Waals surface area contributed by atoms with E-state index < -0.39 is 46.8 Å². The van der Waals surface area contributed by atoms with E-state index in [1.54, 1.807) is 18.7 Å². The van der Waals surface area contributed by atoms with E-state index in [-0.39, 0.29) is 24.5 Å². The lowest BCUT2D eigenvalue weighted by Gasteiger charge is -2.50. The van der Waals surface area contributed by atoms with E-state index in [0.29, 0.717) is 16.8 Å². The second-order valence-corrected chi connectivity index (χ2v) is 8.61. The molecule has 35 heavy (non-hydrogen) atoms. The van der Waals surface area contributed by atoms with Crippen LogP contribution in [0.3, 0.4) is 0 Å². The molecule has 0 amide bonds. The zero-order valence-corrected chi connectivity index (χ0v) is 19.8. The van der Waals surface area contributed by atoms with Crippen molar-refractivity contribution in [3.63, 3.8) is 0 Å². The van der Waals surface area contributed by atoms with Gasteiger partial charge in [0.2, 0.25) is 0 Å². The smallest absolute Gasteiger partial charge is 0.329 e. The molecule has 4 rings (SSSR count). The first kappa shape index (κ1) is 24.8. The Bertz CT molecular complexity index is 1140. The molecule has 0 spiro atoms.